The predicted molar refractivity (Wildman–Crippen MR) is 66.1 cm³/mol. The van der Waals surface area contributed by atoms with Gasteiger partial charge in [-0.25, -0.2) is 0 Å². The van der Waals surface area contributed by atoms with E-state index in [1.807, 2.05) is 6.07 Å². The number of halogens is 1. The van der Waals surface area contributed by atoms with Crippen molar-refractivity contribution in [3.63, 3.8) is 0 Å². The maximum absolute atomic E-state index is 8.81. The molecule has 1 fully saturated rings. The van der Waals surface area contributed by atoms with Crippen molar-refractivity contribution in [2.45, 2.75) is 25.2 Å². The summed E-state index contributed by atoms with van der Waals surface area (Å²) in [6.45, 7) is 0. The highest BCUT2D eigenvalue weighted by molar-refractivity contribution is 6.32. The number of benzene rings is 1. The minimum absolute atomic E-state index is 0.407. The van der Waals surface area contributed by atoms with Gasteiger partial charge in [0.05, 0.1) is 10.6 Å². The van der Waals surface area contributed by atoms with E-state index in [1.165, 1.54) is 6.42 Å². The number of hydrogen-bond donors (Lipinski definition) is 0. The van der Waals surface area contributed by atoms with Gasteiger partial charge in [0.2, 0.25) is 11.7 Å². The summed E-state index contributed by atoms with van der Waals surface area (Å²) in [5, 5.41) is 13.2. The fourth-order valence-electron chi connectivity index (χ4n) is 1.92. The second-order valence-corrected chi connectivity index (χ2v) is 4.80. The zero-order valence-electron chi connectivity index (χ0n) is 9.56. The summed E-state index contributed by atoms with van der Waals surface area (Å²) in [4.78, 5) is 4.38. The summed E-state index contributed by atoms with van der Waals surface area (Å²) in [5.74, 6) is 1.65. The zero-order chi connectivity index (χ0) is 12.5. The van der Waals surface area contributed by atoms with E-state index >= 15 is 0 Å². The second-order valence-electron chi connectivity index (χ2n) is 4.39. The topological polar surface area (TPSA) is 62.7 Å². The van der Waals surface area contributed by atoms with Crippen LogP contribution < -0.4 is 0 Å². The van der Waals surface area contributed by atoms with E-state index in [0.29, 0.717) is 28.2 Å². The standard InChI is InChI=1S/C13H10ClN3O/c14-11-6-9(4-5-10(11)7-15)12-16-13(18-17-12)8-2-1-3-8/h4-6,8H,1-3H2. The lowest BCUT2D eigenvalue weighted by molar-refractivity contribution is 0.292. The molecule has 0 radical (unpaired) electrons. The molecule has 2 aromatic rings. The van der Waals surface area contributed by atoms with Crippen molar-refractivity contribution in [2.24, 2.45) is 0 Å². The van der Waals surface area contributed by atoms with Crippen LogP contribution in [0.25, 0.3) is 11.4 Å². The largest absolute Gasteiger partial charge is 0.339 e. The van der Waals surface area contributed by atoms with E-state index in [2.05, 4.69) is 10.1 Å². The number of nitriles is 1. The maximum atomic E-state index is 8.81. The Morgan fingerprint density at radius 2 is 2.22 bits per heavy atom. The Balaban J connectivity index is 1.92. The Labute approximate surface area is 109 Å². The lowest BCUT2D eigenvalue weighted by Gasteiger charge is -2.20. The Hall–Kier alpha value is -1.86. The first-order valence-corrected chi connectivity index (χ1v) is 6.19. The summed E-state index contributed by atoms with van der Waals surface area (Å²) in [5.41, 5.74) is 1.22. The minimum Gasteiger partial charge on any atom is -0.339 e. The molecule has 0 saturated heterocycles. The molecular weight excluding hydrogens is 250 g/mol. The molecule has 18 heavy (non-hydrogen) atoms. The van der Waals surface area contributed by atoms with E-state index in [-0.39, 0.29) is 0 Å². The van der Waals surface area contributed by atoms with E-state index < -0.39 is 0 Å². The number of nitrogens with zero attached hydrogens (tertiary/aromatic N) is 3. The Kier molecular flexibility index (Phi) is 2.77. The van der Waals surface area contributed by atoms with Gasteiger partial charge in [-0.15, -0.1) is 0 Å². The van der Waals surface area contributed by atoms with Crippen molar-refractivity contribution in [2.75, 3.05) is 0 Å². The van der Waals surface area contributed by atoms with Crippen LogP contribution in [-0.4, -0.2) is 10.1 Å². The molecule has 1 aliphatic carbocycles. The van der Waals surface area contributed by atoms with Gasteiger partial charge < -0.3 is 4.52 Å². The van der Waals surface area contributed by atoms with Gasteiger partial charge in [-0.2, -0.15) is 10.2 Å². The quantitative estimate of drug-likeness (QED) is 0.828. The summed E-state index contributed by atoms with van der Waals surface area (Å²) in [6, 6.07) is 7.15. The fourth-order valence-corrected chi connectivity index (χ4v) is 2.14. The first-order valence-electron chi connectivity index (χ1n) is 5.81. The minimum atomic E-state index is 0.407. The van der Waals surface area contributed by atoms with Gasteiger partial charge in [0.1, 0.15) is 6.07 Å². The van der Waals surface area contributed by atoms with Crippen LogP contribution in [-0.2, 0) is 0 Å². The lowest BCUT2D eigenvalue weighted by Crippen LogP contribution is -2.08. The Morgan fingerprint density at radius 1 is 1.39 bits per heavy atom. The van der Waals surface area contributed by atoms with Crippen LogP contribution in [0.3, 0.4) is 0 Å². The van der Waals surface area contributed by atoms with Crippen LogP contribution in [0.15, 0.2) is 22.7 Å². The molecule has 0 N–H and O–H groups in total. The SMILES string of the molecule is N#Cc1ccc(-c2noc(C3CCC3)n2)cc1Cl. The van der Waals surface area contributed by atoms with Gasteiger partial charge >= 0.3 is 0 Å². The van der Waals surface area contributed by atoms with Gasteiger partial charge in [-0.1, -0.05) is 23.2 Å². The Morgan fingerprint density at radius 3 is 2.83 bits per heavy atom. The molecule has 0 unspecified atom stereocenters. The van der Waals surface area contributed by atoms with E-state index in [9.17, 15) is 0 Å². The fraction of sp³-hybridized carbons (Fsp3) is 0.308. The van der Waals surface area contributed by atoms with Crippen molar-refractivity contribution in [3.05, 3.63) is 34.7 Å². The molecule has 1 saturated carbocycles. The van der Waals surface area contributed by atoms with E-state index in [0.717, 1.165) is 18.4 Å². The predicted octanol–water partition coefficient (Wildman–Crippen LogP) is 3.53. The van der Waals surface area contributed by atoms with Gasteiger partial charge in [0.15, 0.2) is 0 Å². The second kappa shape index (κ2) is 4.43. The molecule has 1 aromatic carbocycles. The number of rotatable bonds is 2. The number of hydrogen-bond acceptors (Lipinski definition) is 4. The zero-order valence-corrected chi connectivity index (χ0v) is 10.3. The van der Waals surface area contributed by atoms with Gasteiger partial charge in [-0.05, 0) is 31.0 Å². The third-order valence-corrected chi connectivity index (χ3v) is 3.56. The molecule has 1 aliphatic rings. The van der Waals surface area contributed by atoms with Crippen LogP contribution in [0.5, 0.6) is 0 Å². The van der Waals surface area contributed by atoms with Crippen molar-refractivity contribution >= 4 is 11.6 Å². The molecule has 1 aromatic heterocycles. The van der Waals surface area contributed by atoms with Crippen LogP contribution in [0.1, 0.15) is 36.6 Å². The van der Waals surface area contributed by atoms with Crippen LogP contribution in [0, 0.1) is 11.3 Å². The molecular formula is C13H10ClN3O. The monoisotopic (exact) mass is 259 g/mol. The molecule has 1 heterocycles. The Bertz CT molecular complexity index is 625. The van der Waals surface area contributed by atoms with Gasteiger partial charge in [-0.3, -0.25) is 0 Å². The van der Waals surface area contributed by atoms with E-state index in [1.54, 1.807) is 18.2 Å². The van der Waals surface area contributed by atoms with Crippen molar-refractivity contribution in [1.29, 1.82) is 5.26 Å². The third-order valence-electron chi connectivity index (χ3n) is 3.24. The first-order chi connectivity index (χ1) is 8.78. The molecule has 4 nitrogen and oxygen atoms in total. The molecule has 5 heteroatoms. The van der Waals surface area contributed by atoms with Gasteiger partial charge in [0.25, 0.3) is 0 Å². The van der Waals surface area contributed by atoms with Crippen LogP contribution in [0.2, 0.25) is 5.02 Å². The molecule has 0 bridgehead atoms. The molecule has 0 amide bonds. The average molecular weight is 260 g/mol. The highest BCUT2D eigenvalue weighted by atomic mass is 35.5. The first kappa shape index (κ1) is 11.2. The van der Waals surface area contributed by atoms with Gasteiger partial charge in [0, 0.05) is 11.5 Å². The maximum Gasteiger partial charge on any atom is 0.230 e. The average Bonchev–Trinajstić information content (AvgIpc) is 2.76. The summed E-state index contributed by atoms with van der Waals surface area (Å²) in [7, 11) is 0. The molecule has 90 valence electrons. The van der Waals surface area contributed by atoms with Crippen LogP contribution in [0.4, 0.5) is 0 Å². The lowest BCUT2D eigenvalue weighted by atomic mass is 9.85. The summed E-state index contributed by atoms with van der Waals surface area (Å²) in [6.07, 6.45) is 3.47. The number of aromatic nitrogens is 2. The highest BCUT2D eigenvalue weighted by Crippen LogP contribution is 2.36. The van der Waals surface area contributed by atoms with Crippen molar-refractivity contribution < 1.29 is 4.52 Å². The summed E-state index contributed by atoms with van der Waals surface area (Å²) < 4.78 is 5.25. The van der Waals surface area contributed by atoms with Crippen LogP contribution >= 0.6 is 11.6 Å². The van der Waals surface area contributed by atoms with Crippen molar-refractivity contribution in [1.82, 2.24) is 10.1 Å². The summed E-state index contributed by atoms with van der Waals surface area (Å²) >= 11 is 5.98. The normalized spacial score (nSPS) is 15.1. The molecule has 0 spiro atoms. The smallest absolute Gasteiger partial charge is 0.230 e. The van der Waals surface area contributed by atoms with Crippen molar-refractivity contribution in [3.8, 4) is 17.5 Å². The van der Waals surface area contributed by atoms with E-state index in [4.69, 9.17) is 21.4 Å². The molecule has 0 atom stereocenters. The highest BCUT2D eigenvalue weighted by Gasteiger charge is 2.25. The third kappa shape index (κ3) is 1.87. The molecule has 3 rings (SSSR count). The molecule has 0 aliphatic heterocycles.